The molecule has 3 atom stereocenters. The lowest BCUT2D eigenvalue weighted by Crippen LogP contribution is -2.56. The van der Waals surface area contributed by atoms with E-state index in [0.717, 1.165) is 22.0 Å². The van der Waals surface area contributed by atoms with Crippen molar-refractivity contribution in [3.63, 3.8) is 0 Å². The molecule has 11 nitrogen and oxygen atoms in total. The Bertz CT molecular complexity index is 1420. The van der Waals surface area contributed by atoms with Crippen molar-refractivity contribution in [2.45, 2.75) is 78.1 Å². The molecule has 1 heterocycles. The van der Waals surface area contributed by atoms with Crippen LogP contribution in [0, 0.1) is 0 Å². The number of aromatic nitrogens is 1. The summed E-state index contributed by atoms with van der Waals surface area (Å²) in [6.45, 7) is 10.2. The lowest BCUT2D eigenvalue weighted by Gasteiger charge is -2.25. The normalized spacial score (nSPS) is 13.3. The second-order valence-corrected chi connectivity index (χ2v) is 11.3. The molecule has 0 radical (unpaired) electrons. The summed E-state index contributed by atoms with van der Waals surface area (Å²) in [6.07, 6.45) is 1.42. The number of hydrazone groups is 1. The molecule has 4 amide bonds. The molecule has 5 N–H and O–H groups in total. The predicted molar refractivity (Wildman–Crippen MR) is 162 cm³/mol. The molecule has 0 aliphatic carbocycles. The molecule has 3 rings (SSSR count). The van der Waals surface area contributed by atoms with Gasteiger partial charge in [-0.15, -0.1) is 0 Å². The van der Waals surface area contributed by atoms with Crippen molar-refractivity contribution in [2.24, 2.45) is 5.10 Å². The lowest BCUT2D eigenvalue weighted by molar-refractivity contribution is -0.132. The molecular weight excluding hydrogens is 536 g/mol. The molecule has 0 saturated carbocycles. The smallest absolute Gasteiger partial charge is 0.408 e. The average molecular weight is 577 g/mol. The van der Waals surface area contributed by atoms with E-state index in [4.69, 9.17) is 4.74 Å². The van der Waals surface area contributed by atoms with Gasteiger partial charge in [0.15, 0.2) is 0 Å². The summed E-state index contributed by atoms with van der Waals surface area (Å²) in [5.41, 5.74) is 4.93. The van der Waals surface area contributed by atoms with E-state index < -0.39 is 47.5 Å². The van der Waals surface area contributed by atoms with Crippen molar-refractivity contribution in [3.05, 3.63) is 71.9 Å². The quantitative estimate of drug-likeness (QED) is 0.175. The van der Waals surface area contributed by atoms with E-state index in [1.807, 2.05) is 54.6 Å². The van der Waals surface area contributed by atoms with Crippen LogP contribution in [0.1, 0.15) is 52.7 Å². The Balaban J connectivity index is 1.74. The second kappa shape index (κ2) is 14.3. The van der Waals surface area contributed by atoms with Gasteiger partial charge >= 0.3 is 6.09 Å². The third kappa shape index (κ3) is 9.76. The third-order valence-corrected chi connectivity index (χ3v) is 6.16. The number of aromatic amines is 1. The van der Waals surface area contributed by atoms with E-state index in [1.165, 1.54) is 6.92 Å². The monoisotopic (exact) mass is 576 g/mol. The van der Waals surface area contributed by atoms with E-state index >= 15 is 0 Å². The number of hydrogen-bond acceptors (Lipinski definition) is 6. The highest BCUT2D eigenvalue weighted by Crippen LogP contribution is 2.19. The van der Waals surface area contributed by atoms with Crippen LogP contribution in [0.25, 0.3) is 10.9 Å². The molecule has 2 aromatic carbocycles. The predicted octanol–water partition coefficient (Wildman–Crippen LogP) is 3.35. The number of nitrogens with one attached hydrogen (secondary N) is 5. The summed E-state index contributed by atoms with van der Waals surface area (Å²) in [5.74, 6) is -1.64. The van der Waals surface area contributed by atoms with Crippen LogP contribution in [0.2, 0.25) is 0 Å². The number of amides is 4. The van der Waals surface area contributed by atoms with Gasteiger partial charge in [0.2, 0.25) is 11.8 Å². The zero-order valence-electron chi connectivity index (χ0n) is 24.9. The van der Waals surface area contributed by atoms with Crippen LogP contribution in [-0.4, -0.2) is 58.2 Å². The molecule has 0 saturated heterocycles. The number of alkyl carbamates (subject to hydrolysis) is 1. The van der Waals surface area contributed by atoms with Crippen molar-refractivity contribution in [2.75, 3.05) is 0 Å². The van der Waals surface area contributed by atoms with Gasteiger partial charge in [-0.3, -0.25) is 14.4 Å². The first-order valence-corrected chi connectivity index (χ1v) is 13.8. The minimum atomic E-state index is -1.02. The summed E-state index contributed by atoms with van der Waals surface area (Å²) in [7, 11) is 0. The first-order chi connectivity index (χ1) is 19.8. The van der Waals surface area contributed by atoms with Crippen LogP contribution in [0.4, 0.5) is 4.79 Å². The third-order valence-electron chi connectivity index (χ3n) is 6.16. The van der Waals surface area contributed by atoms with Crippen LogP contribution in [0.3, 0.4) is 0 Å². The summed E-state index contributed by atoms with van der Waals surface area (Å²) in [6, 6.07) is 13.8. The molecule has 0 bridgehead atoms. The minimum absolute atomic E-state index is 0.181. The summed E-state index contributed by atoms with van der Waals surface area (Å²) >= 11 is 0. The van der Waals surface area contributed by atoms with Crippen molar-refractivity contribution in [1.82, 2.24) is 26.4 Å². The van der Waals surface area contributed by atoms with Crippen LogP contribution >= 0.6 is 0 Å². The summed E-state index contributed by atoms with van der Waals surface area (Å²) < 4.78 is 5.34. The Morgan fingerprint density at radius 3 is 2.14 bits per heavy atom. The molecule has 0 aliphatic rings. The van der Waals surface area contributed by atoms with E-state index in [0.29, 0.717) is 5.71 Å². The molecule has 0 spiro atoms. The van der Waals surface area contributed by atoms with Gasteiger partial charge in [-0.2, -0.15) is 5.10 Å². The summed E-state index contributed by atoms with van der Waals surface area (Å²) in [5, 5.41) is 12.9. The topological polar surface area (TPSA) is 154 Å². The number of para-hydroxylation sites is 1. The molecule has 42 heavy (non-hydrogen) atoms. The Morgan fingerprint density at radius 1 is 0.833 bits per heavy atom. The first kappa shape index (κ1) is 31.9. The number of carbonyl (C=O) groups is 4. The van der Waals surface area contributed by atoms with Crippen LogP contribution in [-0.2, 0) is 32.0 Å². The first-order valence-electron chi connectivity index (χ1n) is 13.8. The van der Waals surface area contributed by atoms with Gasteiger partial charge in [-0.25, -0.2) is 10.2 Å². The SMILES string of the molecule is CC(C)=NNC(=O)[C@H](Cc1c[nH]c2ccccc12)NC(=O)[C@@H](C)NC(=O)[C@H](Cc1ccccc1)NC(=O)OC(C)(C)C. The van der Waals surface area contributed by atoms with Gasteiger partial charge in [0.25, 0.3) is 5.91 Å². The molecule has 3 aromatic rings. The van der Waals surface area contributed by atoms with Gasteiger partial charge in [0.1, 0.15) is 23.7 Å². The number of fused-ring (bicyclic) bond motifs is 1. The van der Waals surface area contributed by atoms with Crippen molar-refractivity contribution in [1.29, 1.82) is 0 Å². The molecular formula is C31H40N6O5. The molecule has 224 valence electrons. The number of carbonyl (C=O) groups excluding carboxylic acids is 4. The highest BCUT2D eigenvalue weighted by Gasteiger charge is 2.29. The van der Waals surface area contributed by atoms with E-state index in [-0.39, 0.29) is 12.8 Å². The average Bonchev–Trinajstić information content (AvgIpc) is 3.33. The lowest BCUT2D eigenvalue weighted by atomic mass is 10.0. The highest BCUT2D eigenvalue weighted by molar-refractivity contribution is 5.94. The Morgan fingerprint density at radius 2 is 1.48 bits per heavy atom. The van der Waals surface area contributed by atoms with Crippen LogP contribution in [0.15, 0.2) is 65.9 Å². The highest BCUT2D eigenvalue weighted by atomic mass is 16.6. The van der Waals surface area contributed by atoms with E-state index in [2.05, 4.69) is 31.5 Å². The number of H-pyrrole nitrogens is 1. The fraction of sp³-hybridized carbons (Fsp3) is 0.387. The van der Waals surface area contributed by atoms with E-state index in [9.17, 15) is 19.2 Å². The minimum Gasteiger partial charge on any atom is -0.444 e. The maximum absolute atomic E-state index is 13.3. The standard InChI is InChI=1S/C31H40N6O5/c1-19(2)36-37-29(40)26(17-22-18-32-24-15-11-10-14-23(22)24)34-27(38)20(3)33-28(39)25(16-21-12-8-7-9-13-21)35-30(41)42-31(4,5)6/h7-15,18,20,25-26,32H,16-17H2,1-6H3,(H,33,39)(H,34,38)(H,35,41)(H,37,40)/t20-,25+,26+/m1/s1. The van der Waals surface area contributed by atoms with Crippen molar-refractivity contribution >= 4 is 40.4 Å². The number of hydrogen-bond donors (Lipinski definition) is 5. The fourth-order valence-corrected chi connectivity index (χ4v) is 4.16. The van der Waals surface area contributed by atoms with Crippen LogP contribution in [0.5, 0.6) is 0 Å². The van der Waals surface area contributed by atoms with Gasteiger partial charge in [-0.1, -0.05) is 48.5 Å². The van der Waals surface area contributed by atoms with E-state index in [1.54, 1.807) is 40.8 Å². The Kier molecular flexibility index (Phi) is 10.8. The number of rotatable bonds is 11. The van der Waals surface area contributed by atoms with Gasteiger partial charge in [0.05, 0.1) is 0 Å². The maximum Gasteiger partial charge on any atom is 0.408 e. The molecule has 0 aliphatic heterocycles. The molecule has 0 unspecified atom stereocenters. The molecule has 1 aromatic heterocycles. The van der Waals surface area contributed by atoms with Crippen molar-refractivity contribution < 1.29 is 23.9 Å². The molecule has 0 fully saturated rings. The molecule has 11 heteroatoms. The number of ether oxygens (including phenoxy) is 1. The van der Waals surface area contributed by atoms with Crippen LogP contribution < -0.4 is 21.4 Å². The van der Waals surface area contributed by atoms with Gasteiger partial charge < -0.3 is 25.7 Å². The Hall–Kier alpha value is -4.67. The maximum atomic E-state index is 13.3. The Labute approximate surface area is 245 Å². The fourth-order valence-electron chi connectivity index (χ4n) is 4.16. The number of nitrogens with zero attached hydrogens (tertiary/aromatic N) is 1. The zero-order chi connectivity index (χ0) is 30.9. The summed E-state index contributed by atoms with van der Waals surface area (Å²) in [4.78, 5) is 55.3. The second-order valence-electron chi connectivity index (χ2n) is 11.3. The van der Waals surface area contributed by atoms with Gasteiger partial charge in [0, 0.05) is 35.7 Å². The van der Waals surface area contributed by atoms with Gasteiger partial charge in [-0.05, 0) is 58.7 Å². The van der Waals surface area contributed by atoms with Crippen molar-refractivity contribution in [3.8, 4) is 0 Å². The largest absolute Gasteiger partial charge is 0.444 e. The zero-order valence-corrected chi connectivity index (χ0v) is 24.9. The number of benzene rings is 2.